The molecule has 100 valence electrons. The molecule has 0 bridgehead atoms. The zero-order valence-electron chi connectivity index (χ0n) is 11.0. The molecule has 0 aromatic heterocycles. The van der Waals surface area contributed by atoms with Crippen LogP contribution in [0.4, 0.5) is 0 Å². The summed E-state index contributed by atoms with van der Waals surface area (Å²) in [7, 11) is 0. The van der Waals surface area contributed by atoms with Crippen LogP contribution in [0.25, 0.3) is 0 Å². The molecule has 18 heavy (non-hydrogen) atoms. The van der Waals surface area contributed by atoms with Crippen molar-refractivity contribution in [1.29, 1.82) is 0 Å². The van der Waals surface area contributed by atoms with Crippen molar-refractivity contribution in [3.8, 4) is 0 Å². The molecule has 1 aromatic rings. The van der Waals surface area contributed by atoms with Gasteiger partial charge in [0.2, 0.25) is 0 Å². The molecule has 0 saturated heterocycles. The lowest BCUT2D eigenvalue weighted by atomic mass is 9.89. The summed E-state index contributed by atoms with van der Waals surface area (Å²) in [6, 6.07) is 7.35. The van der Waals surface area contributed by atoms with Crippen molar-refractivity contribution in [2.75, 3.05) is 6.54 Å². The van der Waals surface area contributed by atoms with E-state index in [1.165, 1.54) is 0 Å². The zero-order chi connectivity index (χ0) is 13.8. The van der Waals surface area contributed by atoms with Crippen LogP contribution in [0.1, 0.15) is 37.6 Å². The van der Waals surface area contributed by atoms with E-state index in [0.717, 1.165) is 3.57 Å². The Balaban J connectivity index is 2.44. The van der Waals surface area contributed by atoms with Crippen molar-refractivity contribution in [2.45, 2.75) is 33.3 Å². The first-order chi connectivity index (χ1) is 8.28. The Hall–Kier alpha value is -0.620. The highest BCUT2D eigenvalue weighted by molar-refractivity contribution is 14.1. The Morgan fingerprint density at radius 1 is 1.33 bits per heavy atom. The van der Waals surface area contributed by atoms with Crippen LogP contribution in [0.3, 0.4) is 0 Å². The fraction of sp³-hybridized carbons (Fsp3) is 0.500. The Labute approximate surface area is 122 Å². The molecule has 0 saturated carbocycles. The minimum atomic E-state index is -0.502. The normalized spacial score (nSPS) is 13.2. The van der Waals surface area contributed by atoms with Crippen LogP contribution in [0.2, 0.25) is 0 Å². The predicted molar refractivity (Wildman–Crippen MR) is 81.6 cm³/mol. The van der Waals surface area contributed by atoms with Gasteiger partial charge in [0.25, 0.3) is 5.91 Å². The van der Waals surface area contributed by atoms with Gasteiger partial charge in [-0.3, -0.25) is 4.79 Å². The van der Waals surface area contributed by atoms with Gasteiger partial charge >= 0.3 is 0 Å². The average molecular weight is 361 g/mol. The Morgan fingerprint density at radius 2 is 1.89 bits per heavy atom. The number of aliphatic hydroxyl groups excluding tert-OH is 1. The molecule has 0 heterocycles. The minimum absolute atomic E-state index is 0.0625. The maximum atomic E-state index is 11.8. The van der Waals surface area contributed by atoms with Crippen LogP contribution in [0.15, 0.2) is 24.3 Å². The number of hydrogen-bond acceptors (Lipinski definition) is 2. The minimum Gasteiger partial charge on any atom is -0.391 e. The number of aliphatic hydroxyl groups is 1. The number of benzene rings is 1. The number of rotatable bonds is 4. The molecule has 0 aliphatic rings. The molecule has 1 rings (SSSR count). The van der Waals surface area contributed by atoms with Crippen LogP contribution in [-0.2, 0) is 0 Å². The average Bonchev–Trinajstić information content (AvgIpc) is 2.24. The van der Waals surface area contributed by atoms with Gasteiger partial charge in [-0.25, -0.2) is 0 Å². The smallest absolute Gasteiger partial charge is 0.251 e. The van der Waals surface area contributed by atoms with E-state index in [0.29, 0.717) is 18.5 Å². The van der Waals surface area contributed by atoms with Gasteiger partial charge in [0.05, 0.1) is 6.10 Å². The molecule has 1 amide bonds. The quantitative estimate of drug-likeness (QED) is 0.811. The lowest BCUT2D eigenvalue weighted by Crippen LogP contribution is -2.34. The second-order valence-electron chi connectivity index (χ2n) is 5.64. The monoisotopic (exact) mass is 361 g/mol. The second kappa shape index (κ2) is 6.52. The molecule has 0 fully saturated rings. The van der Waals surface area contributed by atoms with E-state index in [1.54, 1.807) is 12.1 Å². The molecular weight excluding hydrogens is 341 g/mol. The van der Waals surface area contributed by atoms with Crippen LogP contribution in [-0.4, -0.2) is 23.7 Å². The molecular formula is C14H20INO2. The lowest BCUT2D eigenvalue weighted by molar-refractivity contribution is 0.0868. The summed E-state index contributed by atoms with van der Waals surface area (Å²) in [5.41, 5.74) is 0.686. The summed E-state index contributed by atoms with van der Waals surface area (Å²) in [6.45, 7) is 6.49. The first-order valence-electron chi connectivity index (χ1n) is 6.00. The molecule has 1 atom stereocenters. The van der Waals surface area contributed by atoms with Gasteiger partial charge in [-0.2, -0.15) is 0 Å². The second-order valence-corrected chi connectivity index (χ2v) is 6.88. The van der Waals surface area contributed by atoms with Crippen molar-refractivity contribution in [2.24, 2.45) is 5.41 Å². The molecule has 0 radical (unpaired) electrons. The highest BCUT2D eigenvalue weighted by Gasteiger charge is 2.17. The van der Waals surface area contributed by atoms with Gasteiger partial charge in [-0.05, 0) is 58.7 Å². The maximum absolute atomic E-state index is 11.8. The van der Waals surface area contributed by atoms with Gasteiger partial charge in [0.15, 0.2) is 0 Å². The first kappa shape index (κ1) is 15.4. The molecule has 1 unspecified atom stereocenters. The van der Waals surface area contributed by atoms with Gasteiger partial charge in [-0.15, -0.1) is 0 Å². The number of nitrogens with one attached hydrogen (secondary N) is 1. The third kappa shape index (κ3) is 5.82. The Morgan fingerprint density at radius 3 is 2.39 bits per heavy atom. The summed E-state index contributed by atoms with van der Waals surface area (Å²) >= 11 is 2.19. The number of amides is 1. The van der Waals surface area contributed by atoms with Crippen LogP contribution in [0.5, 0.6) is 0 Å². The number of carbonyl (C=O) groups is 1. The van der Waals surface area contributed by atoms with Gasteiger partial charge in [0.1, 0.15) is 0 Å². The maximum Gasteiger partial charge on any atom is 0.251 e. The standard InChI is InChI=1S/C14H20INO2/c1-14(2,3)8-12(17)9-16-13(18)10-4-6-11(15)7-5-10/h4-7,12,17H,8-9H2,1-3H3,(H,16,18). The topological polar surface area (TPSA) is 49.3 Å². The van der Waals surface area contributed by atoms with E-state index in [9.17, 15) is 9.90 Å². The van der Waals surface area contributed by atoms with Crippen LogP contribution >= 0.6 is 22.6 Å². The van der Waals surface area contributed by atoms with E-state index in [4.69, 9.17) is 0 Å². The number of carbonyl (C=O) groups excluding carboxylic acids is 1. The first-order valence-corrected chi connectivity index (χ1v) is 7.08. The highest BCUT2D eigenvalue weighted by Crippen LogP contribution is 2.20. The number of halogens is 1. The molecule has 2 N–H and O–H groups in total. The van der Waals surface area contributed by atoms with Crippen molar-refractivity contribution in [3.05, 3.63) is 33.4 Å². The third-order valence-electron chi connectivity index (χ3n) is 2.45. The summed E-state index contributed by atoms with van der Waals surface area (Å²) < 4.78 is 1.09. The lowest BCUT2D eigenvalue weighted by Gasteiger charge is -2.22. The summed E-state index contributed by atoms with van der Waals surface area (Å²) in [6.07, 6.45) is 0.165. The molecule has 0 spiro atoms. The van der Waals surface area contributed by atoms with Crippen LogP contribution < -0.4 is 5.32 Å². The Kier molecular flexibility index (Phi) is 5.59. The third-order valence-corrected chi connectivity index (χ3v) is 3.17. The summed E-state index contributed by atoms with van der Waals surface area (Å²) in [5.74, 6) is -0.139. The van der Waals surface area contributed by atoms with Gasteiger partial charge in [-0.1, -0.05) is 20.8 Å². The Bertz CT molecular complexity index is 395. The van der Waals surface area contributed by atoms with Gasteiger partial charge < -0.3 is 10.4 Å². The SMILES string of the molecule is CC(C)(C)CC(O)CNC(=O)c1ccc(I)cc1. The highest BCUT2D eigenvalue weighted by atomic mass is 127. The van der Waals surface area contributed by atoms with E-state index in [-0.39, 0.29) is 11.3 Å². The van der Waals surface area contributed by atoms with Crippen molar-refractivity contribution >= 4 is 28.5 Å². The van der Waals surface area contributed by atoms with Crippen molar-refractivity contribution in [1.82, 2.24) is 5.32 Å². The van der Waals surface area contributed by atoms with E-state index >= 15 is 0 Å². The van der Waals surface area contributed by atoms with E-state index in [1.807, 2.05) is 12.1 Å². The predicted octanol–water partition coefficient (Wildman–Crippen LogP) is 2.82. The fourth-order valence-corrected chi connectivity index (χ4v) is 2.05. The molecule has 4 heteroatoms. The molecule has 3 nitrogen and oxygen atoms in total. The van der Waals surface area contributed by atoms with E-state index in [2.05, 4.69) is 48.7 Å². The number of hydrogen-bond donors (Lipinski definition) is 2. The van der Waals surface area contributed by atoms with Crippen molar-refractivity contribution in [3.63, 3.8) is 0 Å². The fourth-order valence-electron chi connectivity index (χ4n) is 1.69. The molecule has 0 aliphatic carbocycles. The molecule has 0 aliphatic heterocycles. The van der Waals surface area contributed by atoms with E-state index < -0.39 is 6.10 Å². The van der Waals surface area contributed by atoms with Gasteiger partial charge in [0, 0.05) is 15.7 Å². The molecule has 1 aromatic carbocycles. The van der Waals surface area contributed by atoms with Crippen molar-refractivity contribution < 1.29 is 9.90 Å². The largest absolute Gasteiger partial charge is 0.391 e. The zero-order valence-corrected chi connectivity index (χ0v) is 13.2. The summed E-state index contributed by atoms with van der Waals surface area (Å²) in [4.78, 5) is 11.8. The van der Waals surface area contributed by atoms with Crippen LogP contribution in [0, 0.1) is 8.99 Å². The summed E-state index contributed by atoms with van der Waals surface area (Å²) in [5, 5.41) is 12.6.